The number of carbonyl (C=O) groups excluding carboxylic acids is 1. The zero-order chi connectivity index (χ0) is 17.4. The molecule has 2 heterocycles. The van der Waals surface area contributed by atoms with Gasteiger partial charge in [0, 0.05) is 23.2 Å². The molecule has 3 aromatic rings. The summed E-state index contributed by atoms with van der Waals surface area (Å²) < 4.78 is 10.5. The number of aryl methyl sites for hydroxylation is 1. The van der Waals surface area contributed by atoms with Gasteiger partial charge in [0.25, 0.3) is 11.5 Å². The van der Waals surface area contributed by atoms with Crippen LogP contribution in [0.4, 0.5) is 0 Å². The first-order valence-corrected chi connectivity index (χ1v) is 7.90. The first kappa shape index (κ1) is 15.3. The molecule has 0 saturated carbocycles. The molecule has 25 heavy (non-hydrogen) atoms. The van der Waals surface area contributed by atoms with Crippen molar-refractivity contribution in [1.29, 1.82) is 0 Å². The second-order valence-electron chi connectivity index (χ2n) is 5.97. The minimum absolute atomic E-state index is 0.145. The van der Waals surface area contributed by atoms with Crippen molar-refractivity contribution in [2.24, 2.45) is 0 Å². The quantitative estimate of drug-likeness (QED) is 0.770. The summed E-state index contributed by atoms with van der Waals surface area (Å²) in [6, 6.07) is 12.6. The van der Waals surface area contributed by atoms with Crippen LogP contribution in [0, 0.1) is 6.92 Å². The molecule has 6 nitrogen and oxygen atoms in total. The first-order valence-electron chi connectivity index (χ1n) is 7.90. The van der Waals surface area contributed by atoms with E-state index in [1.54, 1.807) is 24.3 Å². The summed E-state index contributed by atoms with van der Waals surface area (Å²) in [6.07, 6.45) is 0. The van der Waals surface area contributed by atoms with Gasteiger partial charge in [-0.05, 0) is 48.2 Å². The smallest absolute Gasteiger partial charge is 0.253 e. The summed E-state index contributed by atoms with van der Waals surface area (Å²) in [5, 5.41) is 3.70. The second-order valence-corrected chi connectivity index (χ2v) is 5.97. The number of H-pyrrole nitrogens is 1. The maximum absolute atomic E-state index is 12.3. The normalized spacial score (nSPS) is 12.4. The first-order chi connectivity index (χ1) is 12.1. The van der Waals surface area contributed by atoms with Crippen LogP contribution in [0.3, 0.4) is 0 Å². The number of carbonyl (C=O) groups is 1. The number of amides is 1. The fourth-order valence-corrected chi connectivity index (χ4v) is 2.81. The molecule has 0 aliphatic carbocycles. The number of hydrogen-bond acceptors (Lipinski definition) is 4. The van der Waals surface area contributed by atoms with E-state index in [9.17, 15) is 9.59 Å². The number of pyridine rings is 1. The van der Waals surface area contributed by atoms with Crippen LogP contribution in [0.1, 0.15) is 21.5 Å². The molecular formula is C19H16N2O4. The molecule has 1 amide bonds. The highest BCUT2D eigenvalue weighted by molar-refractivity contribution is 5.95. The van der Waals surface area contributed by atoms with Crippen molar-refractivity contribution in [3.63, 3.8) is 0 Å². The van der Waals surface area contributed by atoms with Crippen molar-refractivity contribution >= 4 is 16.8 Å². The summed E-state index contributed by atoms with van der Waals surface area (Å²) in [6.45, 7) is 2.27. The van der Waals surface area contributed by atoms with E-state index in [1.807, 2.05) is 25.1 Å². The van der Waals surface area contributed by atoms with E-state index in [2.05, 4.69) is 10.3 Å². The number of fused-ring (bicyclic) bond motifs is 2. The Morgan fingerprint density at radius 1 is 1.12 bits per heavy atom. The van der Waals surface area contributed by atoms with Gasteiger partial charge in [-0.1, -0.05) is 12.1 Å². The van der Waals surface area contributed by atoms with Crippen LogP contribution >= 0.6 is 0 Å². The summed E-state index contributed by atoms with van der Waals surface area (Å²) in [4.78, 5) is 27.4. The molecule has 2 N–H and O–H groups in total. The average molecular weight is 336 g/mol. The fraction of sp³-hybridized carbons (Fsp3) is 0.158. The number of benzene rings is 2. The second kappa shape index (κ2) is 5.98. The van der Waals surface area contributed by atoms with Gasteiger partial charge >= 0.3 is 0 Å². The van der Waals surface area contributed by atoms with Gasteiger partial charge in [-0.3, -0.25) is 9.59 Å². The van der Waals surface area contributed by atoms with E-state index in [0.29, 0.717) is 22.6 Å². The van der Waals surface area contributed by atoms with E-state index in [1.165, 1.54) is 0 Å². The number of nitrogens with one attached hydrogen (secondary N) is 2. The van der Waals surface area contributed by atoms with Crippen LogP contribution < -0.4 is 20.3 Å². The Hall–Kier alpha value is -3.28. The summed E-state index contributed by atoms with van der Waals surface area (Å²) in [7, 11) is 0. The average Bonchev–Trinajstić information content (AvgIpc) is 3.07. The predicted molar refractivity (Wildman–Crippen MR) is 93.0 cm³/mol. The van der Waals surface area contributed by atoms with Gasteiger partial charge in [0.1, 0.15) is 0 Å². The number of hydrogen-bond donors (Lipinski definition) is 2. The molecule has 4 rings (SSSR count). The molecule has 1 aliphatic heterocycles. The summed E-state index contributed by atoms with van der Waals surface area (Å²) >= 11 is 0. The molecule has 1 aliphatic rings. The van der Waals surface area contributed by atoms with Crippen LogP contribution in [0.5, 0.6) is 11.5 Å². The summed E-state index contributed by atoms with van der Waals surface area (Å²) in [5.74, 6) is 0.895. The maximum atomic E-state index is 12.3. The summed E-state index contributed by atoms with van der Waals surface area (Å²) in [5.41, 5.74) is 2.62. The Labute approximate surface area is 143 Å². The molecule has 0 radical (unpaired) electrons. The van der Waals surface area contributed by atoms with Crippen molar-refractivity contribution in [3.8, 4) is 11.5 Å². The van der Waals surface area contributed by atoms with Crippen molar-refractivity contribution < 1.29 is 14.3 Å². The zero-order valence-corrected chi connectivity index (χ0v) is 13.6. The molecule has 6 heteroatoms. The van der Waals surface area contributed by atoms with Crippen LogP contribution in [0.2, 0.25) is 0 Å². The Balaban J connectivity index is 1.53. The highest BCUT2D eigenvalue weighted by Gasteiger charge is 2.16. The number of ether oxygens (including phenoxy) is 2. The van der Waals surface area contributed by atoms with Gasteiger partial charge in [-0.2, -0.15) is 0 Å². The van der Waals surface area contributed by atoms with Gasteiger partial charge in [-0.25, -0.2) is 0 Å². The predicted octanol–water partition coefficient (Wildman–Crippen LogP) is 2.50. The third-order valence-corrected chi connectivity index (χ3v) is 4.15. The lowest BCUT2D eigenvalue weighted by Gasteiger charge is -2.07. The standard InChI is InChI=1S/C19H16N2O4/c1-11-2-3-12-7-14(19(23)21-15(12)6-11)9-20-18(22)13-4-5-16-17(8-13)25-10-24-16/h2-8H,9-10H2,1H3,(H,20,22)(H,21,23). The monoisotopic (exact) mass is 336 g/mol. The van der Waals surface area contributed by atoms with Crippen molar-refractivity contribution in [2.45, 2.75) is 13.5 Å². The zero-order valence-electron chi connectivity index (χ0n) is 13.6. The molecule has 1 aromatic heterocycles. The van der Waals surface area contributed by atoms with Gasteiger partial charge in [0.2, 0.25) is 6.79 Å². The molecule has 0 unspecified atom stereocenters. The maximum Gasteiger partial charge on any atom is 0.253 e. The molecule has 126 valence electrons. The number of aromatic amines is 1. The van der Waals surface area contributed by atoms with Gasteiger partial charge in [0.05, 0.1) is 0 Å². The lowest BCUT2D eigenvalue weighted by molar-refractivity contribution is 0.0950. The van der Waals surface area contributed by atoms with Gasteiger partial charge < -0.3 is 19.8 Å². The Kier molecular flexibility index (Phi) is 3.65. The van der Waals surface area contributed by atoms with Gasteiger partial charge in [-0.15, -0.1) is 0 Å². The molecular weight excluding hydrogens is 320 g/mol. The largest absolute Gasteiger partial charge is 0.454 e. The van der Waals surface area contributed by atoms with Gasteiger partial charge in [0.15, 0.2) is 11.5 Å². The third-order valence-electron chi connectivity index (χ3n) is 4.15. The molecule has 0 atom stereocenters. The SMILES string of the molecule is Cc1ccc2cc(CNC(=O)c3ccc4c(c3)OCO4)c(=O)[nH]c2c1. The molecule has 0 bridgehead atoms. The van der Waals surface area contributed by atoms with E-state index >= 15 is 0 Å². The Morgan fingerprint density at radius 2 is 1.96 bits per heavy atom. The van der Waals surface area contributed by atoms with Crippen LogP contribution in [-0.4, -0.2) is 17.7 Å². The van der Waals surface area contributed by atoms with Crippen molar-refractivity contribution in [3.05, 3.63) is 69.5 Å². The number of rotatable bonds is 3. The van der Waals surface area contributed by atoms with Crippen molar-refractivity contribution in [2.75, 3.05) is 6.79 Å². The van der Waals surface area contributed by atoms with E-state index in [4.69, 9.17) is 9.47 Å². The minimum atomic E-state index is -0.276. The van der Waals surface area contributed by atoms with E-state index in [0.717, 1.165) is 16.5 Å². The Morgan fingerprint density at radius 3 is 2.84 bits per heavy atom. The fourth-order valence-electron chi connectivity index (χ4n) is 2.81. The lowest BCUT2D eigenvalue weighted by Crippen LogP contribution is -2.26. The highest BCUT2D eigenvalue weighted by atomic mass is 16.7. The van der Waals surface area contributed by atoms with E-state index < -0.39 is 0 Å². The highest BCUT2D eigenvalue weighted by Crippen LogP contribution is 2.32. The topological polar surface area (TPSA) is 80.4 Å². The molecule has 0 saturated heterocycles. The van der Waals surface area contributed by atoms with E-state index in [-0.39, 0.29) is 24.8 Å². The van der Waals surface area contributed by atoms with Crippen LogP contribution in [0.25, 0.3) is 10.9 Å². The third kappa shape index (κ3) is 2.94. The van der Waals surface area contributed by atoms with Crippen LogP contribution in [0.15, 0.2) is 47.3 Å². The molecule has 0 spiro atoms. The number of aromatic nitrogens is 1. The molecule has 2 aromatic carbocycles. The minimum Gasteiger partial charge on any atom is -0.454 e. The molecule has 0 fully saturated rings. The van der Waals surface area contributed by atoms with Crippen molar-refractivity contribution in [1.82, 2.24) is 10.3 Å². The van der Waals surface area contributed by atoms with Crippen LogP contribution in [-0.2, 0) is 6.54 Å². The Bertz CT molecular complexity index is 1040. The lowest BCUT2D eigenvalue weighted by atomic mass is 10.1.